The predicted molar refractivity (Wildman–Crippen MR) is 128 cm³/mol. The molecule has 4 rings (SSSR count). The zero-order chi connectivity index (χ0) is 21.4. The second kappa shape index (κ2) is 8.16. The van der Waals surface area contributed by atoms with Crippen LogP contribution in [-0.2, 0) is 11.3 Å². The highest BCUT2D eigenvalue weighted by atomic mass is 16.5. The number of rotatable bonds is 5. The van der Waals surface area contributed by atoms with Crippen molar-refractivity contribution < 1.29 is 4.74 Å². The molecule has 3 heteroatoms. The third kappa shape index (κ3) is 3.48. The van der Waals surface area contributed by atoms with Gasteiger partial charge in [-0.2, -0.15) is 0 Å². The van der Waals surface area contributed by atoms with E-state index >= 15 is 0 Å². The van der Waals surface area contributed by atoms with E-state index in [-0.39, 0.29) is 0 Å². The molecule has 1 aliphatic rings. The summed E-state index contributed by atoms with van der Waals surface area (Å²) in [4.78, 5) is 4.95. The smallest absolute Gasteiger partial charge is 0.0719 e. The molecule has 0 saturated carbocycles. The number of nitrogens with zero attached hydrogens (tertiary/aromatic N) is 2. The molecule has 0 amide bonds. The van der Waals surface area contributed by atoms with E-state index in [0.717, 1.165) is 0 Å². The van der Waals surface area contributed by atoms with Crippen LogP contribution < -0.4 is 9.80 Å². The monoisotopic (exact) mass is 400 g/mol. The zero-order valence-electron chi connectivity index (χ0n) is 18.9. The molecule has 30 heavy (non-hydrogen) atoms. The van der Waals surface area contributed by atoms with Crippen LogP contribution in [0.25, 0.3) is 11.1 Å². The Balaban J connectivity index is 1.93. The number of benzene rings is 3. The first-order valence-electron chi connectivity index (χ1n) is 10.8. The van der Waals surface area contributed by atoms with E-state index in [1.54, 1.807) is 7.11 Å². The normalized spacial score (nSPS) is 13.1. The maximum absolute atomic E-state index is 5.45. The Kier molecular flexibility index (Phi) is 5.57. The molecule has 3 nitrogen and oxygen atoms in total. The average molecular weight is 401 g/mol. The fourth-order valence-electron chi connectivity index (χ4n) is 4.57. The minimum Gasteiger partial charge on any atom is -0.380 e. The van der Waals surface area contributed by atoms with Crippen molar-refractivity contribution in [2.45, 2.75) is 53.3 Å². The topological polar surface area (TPSA) is 15.7 Å². The average Bonchev–Trinajstić information content (AvgIpc) is 2.71. The summed E-state index contributed by atoms with van der Waals surface area (Å²) in [6, 6.07) is 22.9. The summed E-state index contributed by atoms with van der Waals surface area (Å²) in [6.45, 7) is 11.9. The van der Waals surface area contributed by atoms with E-state index in [4.69, 9.17) is 4.74 Å². The summed E-state index contributed by atoms with van der Waals surface area (Å²) >= 11 is 0. The van der Waals surface area contributed by atoms with Gasteiger partial charge in [-0.25, -0.2) is 0 Å². The third-order valence-corrected chi connectivity index (χ3v) is 5.81. The molecule has 0 radical (unpaired) electrons. The minimum absolute atomic E-state index is 0.351. The minimum atomic E-state index is 0.351. The van der Waals surface area contributed by atoms with Crippen LogP contribution in [0.15, 0.2) is 60.7 Å². The van der Waals surface area contributed by atoms with Gasteiger partial charge in [0.25, 0.3) is 0 Å². The molecular formula is C27H32N2O. The Bertz CT molecular complexity index is 1050. The lowest BCUT2D eigenvalue weighted by molar-refractivity contribution is 0.185. The highest BCUT2D eigenvalue weighted by molar-refractivity contribution is 5.95. The fraction of sp³-hybridized carbons (Fsp3) is 0.333. The fourth-order valence-corrected chi connectivity index (χ4v) is 4.57. The van der Waals surface area contributed by atoms with Gasteiger partial charge in [-0.3, -0.25) is 0 Å². The van der Waals surface area contributed by atoms with Crippen LogP contribution in [0.4, 0.5) is 22.7 Å². The number of hydrogen-bond donors (Lipinski definition) is 0. The molecule has 156 valence electrons. The number of hydrogen-bond acceptors (Lipinski definition) is 3. The first kappa shape index (κ1) is 20.5. The molecule has 0 aliphatic carbocycles. The van der Waals surface area contributed by atoms with Gasteiger partial charge in [0.05, 0.1) is 29.4 Å². The van der Waals surface area contributed by atoms with Crippen LogP contribution >= 0.6 is 0 Å². The summed E-state index contributed by atoms with van der Waals surface area (Å²) < 4.78 is 5.45. The van der Waals surface area contributed by atoms with Gasteiger partial charge in [0.2, 0.25) is 0 Å². The SMILES string of the molecule is COCc1ccccc1-c1ccc2c(c1)N(C(C)C)c1ccc(C)cc1N2C(C)C. The van der Waals surface area contributed by atoms with Crippen LogP contribution in [-0.4, -0.2) is 19.2 Å². The summed E-state index contributed by atoms with van der Waals surface area (Å²) in [7, 11) is 1.75. The van der Waals surface area contributed by atoms with Gasteiger partial charge in [0, 0.05) is 19.2 Å². The van der Waals surface area contributed by atoms with Gasteiger partial charge in [0.1, 0.15) is 0 Å². The molecule has 0 spiro atoms. The van der Waals surface area contributed by atoms with Crippen molar-refractivity contribution in [3.05, 3.63) is 71.8 Å². The van der Waals surface area contributed by atoms with E-state index in [2.05, 4.69) is 105 Å². The summed E-state index contributed by atoms with van der Waals surface area (Å²) in [6.07, 6.45) is 0. The molecule has 0 aromatic heterocycles. The summed E-state index contributed by atoms with van der Waals surface area (Å²) in [5, 5.41) is 0. The van der Waals surface area contributed by atoms with Gasteiger partial charge in [-0.05, 0) is 81.1 Å². The maximum atomic E-state index is 5.45. The van der Waals surface area contributed by atoms with Gasteiger partial charge < -0.3 is 14.5 Å². The number of ether oxygens (including phenoxy) is 1. The lowest BCUT2D eigenvalue weighted by Gasteiger charge is -2.44. The summed E-state index contributed by atoms with van der Waals surface area (Å²) in [5.74, 6) is 0. The Labute approximate surface area is 180 Å². The zero-order valence-corrected chi connectivity index (χ0v) is 18.9. The van der Waals surface area contributed by atoms with Crippen molar-refractivity contribution in [3.63, 3.8) is 0 Å². The van der Waals surface area contributed by atoms with Crippen molar-refractivity contribution >= 4 is 22.7 Å². The van der Waals surface area contributed by atoms with E-state index in [1.165, 1.54) is 45.0 Å². The molecule has 1 aliphatic heterocycles. The molecule has 0 bridgehead atoms. The molecule has 0 fully saturated rings. The first-order chi connectivity index (χ1) is 14.4. The number of aryl methyl sites for hydroxylation is 1. The standard InChI is InChI=1S/C27H32N2O/c1-18(2)28-25-14-12-21(23-10-8-7-9-22(23)17-30-6)16-27(25)29(19(3)4)24-13-11-20(5)15-26(24)28/h7-16,18-19H,17H2,1-6H3. The van der Waals surface area contributed by atoms with E-state index in [1.807, 2.05) is 0 Å². The maximum Gasteiger partial charge on any atom is 0.0719 e. The van der Waals surface area contributed by atoms with E-state index in [0.29, 0.717) is 18.7 Å². The molecule has 1 heterocycles. The molecule has 0 saturated heterocycles. The Morgan fingerprint density at radius 1 is 0.733 bits per heavy atom. The van der Waals surface area contributed by atoms with Gasteiger partial charge in [0.15, 0.2) is 0 Å². The van der Waals surface area contributed by atoms with Crippen molar-refractivity contribution in [1.29, 1.82) is 0 Å². The van der Waals surface area contributed by atoms with Crippen LogP contribution in [0.2, 0.25) is 0 Å². The molecular weight excluding hydrogens is 368 g/mol. The Morgan fingerprint density at radius 2 is 1.33 bits per heavy atom. The lowest BCUT2D eigenvalue weighted by Crippen LogP contribution is -2.36. The third-order valence-electron chi connectivity index (χ3n) is 5.81. The van der Waals surface area contributed by atoms with Gasteiger partial charge in [-0.15, -0.1) is 0 Å². The summed E-state index contributed by atoms with van der Waals surface area (Å²) in [5.41, 5.74) is 10.1. The number of anilines is 4. The van der Waals surface area contributed by atoms with Crippen molar-refractivity contribution in [1.82, 2.24) is 0 Å². The lowest BCUT2D eigenvalue weighted by atomic mass is 9.96. The van der Waals surface area contributed by atoms with Crippen LogP contribution in [0.3, 0.4) is 0 Å². The second-order valence-electron chi connectivity index (χ2n) is 8.71. The molecule has 0 atom stereocenters. The highest BCUT2D eigenvalue weighted by Gasteiger charge is 2.31. The van der Waals surface area contributed by atoms with Crippen molar-refractivity contribution in [2.24, 2.45) is 0 Å². The molecule has 0 N–H and O–H groups in total. The molecule has 3 aromatic rings. The quantitative estimate of drug-likeness (QED) is 0.450. The number of fused-ring (bicyclic) bond motifs is 2. The van der Waals surface area contributed by atoms with Crippen LogP contribution in [0.5, 0.6) is 0 Å². The van der Waals surface area contributed by atoms with Gasteiger partial charge in [-0.1, -0.05) is 36.4 Å². The predicted octanol–water partition coefficient (Wildman–Crippen LogP) is 7.21. The van der Waals surface area contributed by atoms with Crippen molar-refractivity contribution in [3.8, 4) is 11.1 Å². The largest absolute Gasteiger partial charge is 0.380 e. The van der Waals surface area contributed by atoms with Crippen molar-refractivity contribution in [2.75, 3.05) is 16.9 Å². The van der Waals surface area contributed by atoms with E-state index in [9.17, 15) is 0 Å². The Morgan fingerprint density at radius 3 is 1.97 bits per heavy atom. The number of methoxy groups -OCH3 is 1. The van der Waals surface area contributed by atoms with Gasteiger partial charge >= 0.3 is 0 Å². The highest BCUT2D eigenvalue weighted by Crippen LogP contribution is 2.51. The van der Waals surface area contributed by atoms with E-state index < -0.39 is 0 Å². The molecule has 3 aromatic carbocycles. The van der Waals surface area contributed by atoms with Crippen LogP contribution in [0.1, 0.15) is 38.8 Å². The molecule has 0 unspecified atom stereocenters. The first-order valence-corrected chi connectivity index (χ1v) is 10.8. The van der Waals surface area contributed by atoms with Crippen LogP contribution in [0, 0.1) is 6.92 Å². The second-order valence-corrected chi connectivity index (χ2v) is 8.71. The Hall–Kier alpha value is -2.78.